The number of hydrogen-bond donors (Lipinski definition) is 1. The summed E-state index contributed by atoms with van der Waals surface area (Å²) in [5.41, 5.74) is 0.979. The summed E-state index contributed by atoms with van der Waals surface area (Å²) < 4.78 is 1.13. The molecule has 0 bridgehead atoms. The second-order valence-corrected chi connectivity index (χ2v) is 7.39. The lowest BCUT2D eigenvalue weighted by Crippen LogP contribution is -2.21. The van der Waals surface area contributed by atoms with Crippen molar-refractivity contribution in [1.82, 2.24) is 15.3 Å². The van der Waals surface area contributed by atoms with Gasteiger partial charge in [-0.05, 0) is 34.5 Å². The summed E-state index contributed by atoms with van der Waals surface area (Å²) in [4.78, 5) is 12.4. The number of aromatic nitrogens is 2. The minimum Gasteiger partial charge on any atom is -0.353 e. The van der Waals surface area contributed by atoms with E-state index >= 15 is 0 Å². The Kier molecular flexibility index (Phi) is 6.14. The number of halogens is 1. The molecule has 2 rings (SSSR count). The Balaban J connectivity index is 1.95. The molecule has 4 nitrogen and oxygen atoms in total. The maximum absolute atomic E-state index is 4.67. The molecular formula is C15H21BrN4S. The summed E-state index contributed by atoms with van der Waals surface area (Å²) in [6, 6.07) is 2.14. The lowest BCUT2D eigenvalue weighted by molar-refractivity contribution is 0.547. The molecule has 1 N–H and O–H groups in total. The third-order valence-corrected chi connectivity index (χ3v) is 4.62. The van der Waals surface area contributed by atoms with E-state index in [1.54, 1.807) is 11.3 Å². The minimum absolute atomic E-state index is 0.640. The van der Waals surface area contributed by atoms with Crippen molar-refractivity contribution in [1.29, 1.82) is 0 Å². The van der Waals surface area contributed by atoms with Crippen LogP contribution in [-0.4, -0.2) is 23.6 Å². The van der Waals surface area contributed by atoms with Gasteiger partial charge in [-0.3, -0.25) is 4.98 Å². The van der Waals surface area contributed by atoms with E-state index in [2.05, 4.69) is 61.4 Å². The van der Waals surface area contributed by atoms with E-state index in [-0.39, 0.29) is 0 Å². The number of thiophene rings is 1. The highest BCUT2D eigenvalue weighted by atomic mass is 79.9. The van der Waals surface area contributed by atoms with Crippen molar-refractivity contribution in [2.75, 3.05) is 18.5 Å². The predicted molar refractivity (Wildman–Crippen MR) is 92.7 cm³/mol. The zero-order valence-corrected chi connectivity index (χ0v) is 15.0. The fraction of sp³-hybridized carbons (Fsp3) is 0.467. The second kappa shape index (κ2) is 7.87. The van der Waals surface area contributed by atoms with Crippen LogP contribution in [0.1, 0.15) is 24.4 Å². The van der Waals surface area contributed by atoms with Crippen LogP contribution in [0.3, 0.4) is 0 Å². The summed E-state index contributed by atoms with van der Waals surface area (Å²) in [6.07, 6.45) is 3.64. The van der Waals surface area contributed by atoms with Gasteiger partial charge in [0.15, 0.2) is 0 Å². The van der Waals surface area contributed by atoms with E-state index in [0.29, 0.717) is 5.92 Å². The summed E-state index contributed by atoms with van der Waals surface area (Å²) in [7, 11) is 2.04. The van der Waals surface area contributed by atoms with Gasteiger partial charge in [0.05, 0.1) is 18.4 Å². The van der Waals surface area contributed by atoms with Crippen molar-refractivity contribution in [2.45, 2.75) is 26.9 Å². The SMILES string of the molecule is CC(C)CNCc1cncc(N(C)Cc2cc(Br)cs2)n1. The van der Waals surface area contributed by atoms with Gasteiger partial charge in [-0.2, -0.15) is 0 Å². The average molecular weight is 369 g/mol. The molecule has 0 radical (unpaired) electrons. The van der Waals surface area contributed by atoms with Crippen LogP contribution in [0.15, 0.2) is 28.3 Å². The molecule has 0 unspecified atom stereocenters. The van der Waals surface area contributed by atoms with Crippen molar-refractivity contribution >= 4 is 33.1 Å². The molecule has 6 heteroatoms. The standard InChI is InChI=1S/C15H21BrN4S/c1-11(2)5-17-6-13-7-18-8-15(19-13)20(3)9-14-4-12(16)10-21-14/h4,7-8,10-11,17H,5-6,9H2,1-3H3. The molecule has 0 saturated heterocycles. The summed E-state index contributed by atoms with van der Waals surface area (Å²) >= 11 is 5.23. The van der Waals surface area contributed by atoms with Gasteiger partial charge in [0.1, 0.15) is 5.82 Å². The zero-order valence-electron chi connectivity index (χ0n) is 12.6. The highest BCUT2D eigenvalue weighted by molar-refractivity contribution is 9.10. The molecule has 0 saturated carbocycles. The Hall–Kier alpha value is -0.980. The summed E-state index contributed by atoms with van der Waals surface area (Å²) in [6.45, 7) is 6.99. The van der Waals surface area contributed by atoms with Crippen molar-refractivity contribution < 1.29 is 0 Å². The Morgan fingerprint density at radius 2 is 2.19 bits per heavy atom. The van der Waals surface area contributed by atoms with Crippen LogP contribution in [0.5, 0.6) is 0 Å². The van der Waals surface area contributed by atoms with E-state index < -0.39 is 0 Å². The van der Waals surface area contributed by atoms with Crippen LogP contribution in [0, 0.1) is 5.92 Å². The van der Waals surface area contributed by atoms with Crippen molar-refractivity contribution in [3.05, 3.63) is 38.9 Å². The molecule has 2 aromatic heterocycles. The van der Waals surface area contributed by atoms with E-state index in [0.717, 1.165) is 35.6 Å². The highest BCUT2D eigenvalue weighted by Gasteiger charge is 2.07. The molecule has 2 aromatic rings. The predicted octanol–water partition coefficient (Wildman–Crippen LogP) is 3.68. The van der Waals surface area contributed by atoms with E-state index in [1.165, 1.54) is 4.88 Å². The van der Waals surface area contributed by atoms with Crippen molar-refractivity contribution in [3.8, 4) is 0 Å². The number of nitrogens with zero attached hydrogens (tertiary/aromatic N) is 3. The number of nitrogens with one attached hydrogen (secondary N) is 1. The first-order chi connectivity index (χ1) is 10.0. The summed E-state index contributed by atoms with van der Waals surface area (Å²) in [5, 5.41) is 5.49. The van der Waals surface area contributed by atoms with Gasteiger partial charge in [0.25, 0.3) is 0 Å². The quantitative estimate of drug-likeness (QED) is 0.808. The molecule has 2 heterocycles. The Labute approximate surface area is 138 Å². The normalized spacial score (nSPS) is 11.1. The highest BCUT2D eigenvalue weighted by Crippen LogP contribution is 2.22. The van der Waals surface area contributed by atoms with Crippen molar-refractivity contribution in [2.24, 2.45) is 5.92 Å². The topological polar surface area (TPSA) is 41.1 Å². The van der Waals surface area contributed by atoms with Crippen molar-refractivity contribution in [3.63, 3.8) is 0 Å². The fourth-order valence-corrected chi connectivity index (χ4v) is 3.41. The van der Waals surface area contributed by atoms with Crippen LogP contribution < -0.4 is 10.2 Å². The van der Waals surface area contributed by atoms with E-state index in [4.69, 9.17) is 0 Å². The first-order valence-corrected chi connectivity index (χ1v) is 8.67. The van der Waals surface area contributed by atoms with E-state index in [1.807, 2.05) is 19.4 Å². The Morgan fingerprint density at radius 3 is 2.86 bits per heavy atom. The van der Waals surface area contributed by atoms with Gasteiger partial charge >= 0.3 is 0 Å². The Bertz CT molecular complexity index is 570. The average Bonchev–Trinajstić information content (AvgIpc) is 2.84. The first kappa shape index (κ1) is 16.4. The number of rotatable bonds is 7. The molecule has 0 spiro atoms. The minimum atomic E-state index is 0.640. The van der Waals surface area contributed by atoms with Gasteiger partial charge in [0, 0.05) is 34.5 Å². The third-order valence-electron chi connectivity index (χ3n) is 2.94. The largest absolute Gasteiger partial charge is 0.353 e. The molecule has 0 amide bonds. The van der Waals surface area contributed by atoms with Crippen LogP contribution >= 0.6 is 27.3 Å². The maximum Gasteiger partial charge on any atom is 0.147 e. The smallest absolute Gasteiger partial charge is 0.147 e. The molecule has 0 aliphatic heterocycles. The second-order valence-electron chi connectivity index (χ2n) is 5.48. The molecule has 0 fully saturated rings. The third kappa shape index (κ3) is 5.37. The number of anilines is 1. The van der Waals surface area contributed by atoms with Crippen LogP contribution in [0.4, 0.5) is 5.82 Å². The van der Waals surface area contributed by atoms with Gasteiger partial charge in [-0.1, -0.05) is 13.8 Å². The van der Waals surface area contributed by atoms with Crippen LogP contribution in [-0.2, 0) is 13.1 Å². The van der Waals surface area contributed by atoms with Crippen LogP contribution in [0.2, 0.25) is 0 Å². The van der Waals surface area contributed by atoms with Gasteiger partial charge in [0.2, 0.25) is 0 Å². The molecular weight excluding hydrogens is 348 g/mol. The van der Waals surface area contributed by atoms with E-state index in [9.17, 15) is 0 Å². The molecule has 21 heavy (non-hydrogen) atoms. The first-order valence-electron chi connectivity index (χ1n) is 7.00. The summed E-state index contributed by atoms with van der Waals surface area (Å²) in [5.74, 6) is 1.55. The molecule has 0 aliphatic carbocycles. The molecule has 114 valence electrons. The van der Waals surface area contributed by atoms with Gasteiger partial charge in [-0.15, -0.1) is 11.3 Å². The molecule has 0 aromatic carbocycles. The molecule has 0 aliphatic rings. The lowest BCUT2D eigenvalue weighted by atomic mass is 10.2. The van der Waals surface area contributed by atoms with Crippen LogP contribution in [0.25, 0.3) is 0 Å². The molecule has 0 atom stereocenters. The number of hydrogen-bond acceptors (Lipinski definition) is 5. The van der Waals surface area contributed by atoms with Gasteiger partial charge in [-0.25, -0.2) is 4.98 Å². The van der Waals surface area contributed by atoms with Gasteiger partial charge < -0.3 is 10.2 Å². The zero-order chi connectivity index (χ0) is 15.2. The fourth-order valence-electron chi connectivity index (χ4n) is 1.90. The monoisotopic (exact) mass is 368 g/mol. The Morgan fingerprint density at radius 1 is 1.38 bits per heavy atom. The lowest BCUT2D eigenvalue weighted by Gasteiger charge is -2.17. The maximum atomic E-state index is 4.67.